The lowest BCUT2D eigenvalue weighted by Crippen LogP contribution is -3.00. The van der Waals surface area contributed by atoms with E-state index in [1.807, 2.05) is 0 Å². The van der Waals surface area contributed by atoms with E-state index in [0.717, 1.165) is 6.34 Å². The van der Waals surface area contributed by atoms with Gasteiger partial charge in [0.15, 0.2) is 0 Å². The minimum Gasteiger partial charge on any atom is -1.00 e. The van der Waals surface area contributed by atoms with Crippen molar-refractivity contribution in [2.24, 2.45) is 5.73 Å². The molecule has 3 heteroatoms. The first kappa shape index (κ1) is 9.25. The molecule has 0 fully saturated rings. The molecule has 0 aromatic heterocycles. The van der Waals surface area contributed by atoms with E-state index < -0.39 is 0 Å². The summed E-state index contributed by atoms with van der Waals surface area (Å²) >= 11 is 0. The fourth-order valence-corrected chi connectivity index (χ4v) is 0. The smallest absolute Gasteiger partial charge is 0.0765 e. The Morgan fingerprint density at radius 1 is 1.75 bits per heavy atom. The van der Waals surface area contributed by atoms with Crippen LogP contribution in [-0.4, -0.2) is 6.34 Å². The van der Waals surface area contributed by atoms with E-state index in [0.29, 0.717) is 0 Å². The minimum absolute atomic E-state index is 0. The Morgan fingerprint density at radius 3 is 1.75 bits per heavy atom. The van der Waals surface area contributed by atoms with Crippen LogP contribution in [0.15, 0.2) is 0 Å². The highest BCUT2D eigenvalue weighted by Gasteiger charge is 1.10. The molecule has 0 aromatic rings. The normalized spacial score (nSPS) is 3.00. The molecule has 0 radical (unpaired) electrons. The zero-order valence-electron chi connectivity index (χ0n) is 2.03. The van der Waals surface area contributed by atoms with E-state index in [4.69, 9.17) is 5.41 Å². The van der Waals surface area contributed by atoms with E-state index in [-0.39, 0.29) is 12.4 Å². The number of hydrogen-bond acceptors (Lipinski definition) is 1. The first-order valence-electron chi connectivity index (χ1n) is 0.622. The predicted molar refractivity (Wildman–Crippen MR) is 13.0 cm³/mol. The summed E-state index contributed by atoms with van der Waals surface area (Å²) < 4.78 is 0. The highest BCUT2D eigenvalue weighted by Crippen LogP contribution is 0.879. The van der Waals surface area contributed by atoms with Gasteiger partial charge in [0.1, 0.15) is 0 Å². The zero-order valence-corrected chi connectivity index (χ0v) is 2.79. The van der Waals surface area contributed by atoms with Crippen LogP contribution < -0.4 is 18.1 Å². The molecule has 3 N–H and O–H groups in total. The van der Waals surface area contributed by atoms with Crippen LogP contribution in [0.1, 0.15) is 0 Å². The molecule has 0 amide bonds. The molecule has 4 heavy (non-hydrogen) atoms. The van der Waals surface area contributed by atoms with Gasteiger partial charge in [0.2, 0.25) is 0 Å². The Bertz CT molecular complexity index is 13.5. The lowest BCUT2D eigenvalue weighted by atomic mass is 11.4. The van der Waals surface area contributed by atoms with Crippen molar-refractivity contribution in [3.63, 3.8) is 0 Å². The maximum absolute atomic E-state index is 5.86. The third kappa shape index (κ3) is 17.6. The second-order valence-electron chi connectivity index (χ2n) is 0.167. The molecule has 2 nitrogen and oxygen atoms in total. The van der Waals surface area contributed by atoms with E-state index in [9.17, 15) is 0 Å². The van der Waals surface area contributed by atoms with Gasteiger partial charge in [-0.15, -0.1) is 0 Å². The van der Waals surface area contributed by atoms with Gasteiger partial charge in [-0.3, -0.25) is 5.41 Å². The fourth-order valence-electron chi connectivity index (χ4n) is 0. The molecule has 0 heterocycles. The van der Waals surface area contributed by atoms with Gasteiger partial charge in [0.05, 0.1) is 6.34 Å². The molecule has 0 rings (SSSR count). The highest BCUT2D eigenvalue weighted by atomic mass is 35.5. The predicted octanol–water partition coefficient (Wildman–Crippen LogP) is -3.44. The molecule has 0 unspecified atom stereocenters. The monoisotopic (exact) mass is 79.0 g/mol. The summed E-state index contributed by atoms with van der Waals surface area (Å²) in [6.45, 7) is 0. The van der Waals surface area contributed by atoms with Crippen LogP contribution in [0.5, 0.6) is 0 Å². The van der Waals surface area contributed by atoms with Gasteiger partial charge in [-0.25, -0.2) is 0 Å². The number of nitrogens with two attached hydrogens (primary N) is 1. The van der Waals surface area contributed by atoms with E-state index in [2.05, 4.69) is 5.73 Å². The molecule has 0 bridgehead atoms. The average molecular weight is 79.5 g/mol. The summed E-state index contributed by atoms with van der Waals surface area (Å²) in [7, 11) is 0. The average Bonchev–Trinajstić information content (AvgIpc) is 0.918. The SMILES string of the molecule is N=CN.[Cl-]. The Kier molecular flexibility index (Phi) is 34.2. The molecule has 26 valence electrons. The van der Waals surface area contributed by atoms with Crippen LogP contribution in [0.3, 0.4) is 0 Å². The minimum atomic E-state index is 0. The summed E-state index contributed by atoms with van der Waals surface area (Å²) in [5, 5.41) is 5.86. The summed E-state index contributed by atoms with van der Waals surface area (Å²) in [6.07, 6.45) is 0.750. The Labute approximate surface area is 30.9 Å². The third-order valence-electron chi connectivity index (χ3n) is 0. The van der Waals surface area contributed by atoms with Crippen LogP contribution in [0.2, 0.25) is 0 Å². The van der Waals surface area contributed by atoms with Crippen molar-refractivity contribution in [2.45, 2.75) is 0 Å². The maximum Gasteiger partial charge on any atom is 0.0765 e. The zero-order chi connectivity index (χ0) is 2.71. The van der Waals surface area contributed by atoms with Gasteiger partial charge in [-0.1, -0.05) is 0 Å². The molecule has 0 aromatic carbocycles. The first-order chi connectivity index (χ1) is 1.41. The highest BCUT2D eigenvalue weighted by molar-refractivity contribution is 5.46. The number of hydrogen-bond donors (Lipinski definition) is 2. The molecular formula is CH4ClN2-. The van der Waals surface area contributed by atoms with Gasteiger partial charge in [-0.2, -0.15) is 0 Å². The lowest BCUT2D eigenvalue weighted by Gasteiger charge is -1.38. The second kappa shape index (κ2) is 14.8. The van der Waals surface area contributed by atoms with E-state index in [1.54, 1.807) is 0 Å². The standard InChI is InChI=1S/CH4N2.ClH/c2-1-3;/h1H,(H3,2,3);1H/p-1. The van der Waals surface area contributed by atoms with Crippen molar-refractivity contribution in [3.05, 3.63) is 0 Å². The van der Waals surface area contributed by atoms with Crippen molar-refractivity contribution in [2.75, 3.05) is 0 Å². The maximum atomic E-state index is 5.86. The van der Waals surface area contributed by atoms with E-state index in [1.165, 1.54) is 0 Å². The van der Waals surface area contributed by atoms with Gasteiger partial charge in [0.25, 0.3) is 0 Å². The van der Waals surface area contributed by atoms with Crippen molar-refractivity contribution >= 4 is 6.34 Å². The quantitative estimate of drug-likeness (QED) is 0.230. The topological polar surface area (TPSA) is 49.9 Å². The number of halogens is 1. The fraction of sp³-hybridized carbons (Fsp3) is 0. The number of nitrogens with one attached hydrogen (secondary N) is 1. The Hall–Kier alpha value is -0.240. The molecule has 0 aliphatic rings. The first-order valence-corrected chi connectivity index (χ1v) is 0.622. The molecule has 0 aliphatic heterocycles. The van der Waals surface area contributed by atoms with Gasteiger partial charge >= 0.3 is 0 Å². The Balaban J connectivity index is 0. The van der Waals surface area contributed by atoms with Gasteiger partial charge in [-0.05, 0) is 0 Å². The molecule has 0 aliphatic carbocycles. The van der Waals surface area contributed by atoms with Crippen LogP contribution in [0, 0.1) is 5.41 Å². The molecule has 0 saturated heterocycles. The molecule has 0 atom stereocenters. The van der Waals surface area contributed by atoms with Crippen molar-refractivity contribution in [3.8, 4) is 0 Å². The largest absolute Gasteiger partial charge is 1.00 e. The molecule has 0 saturated carbocycles. The van der Waals surface area contributed by atoms with Crippen LogP contribution in [0.25, 0.3) is 0 Å². The summed E-state index contributed by atoms with van der Waals surface area (Å²) in [5.74, 6) is 0. The molecular weight excluding hydrogens is 75.5 g/mol. The lowest BCUT2D eigenvalue weighted by molar-refractivity contribution is -0.00000102. The van der Waals surface area contributed by atoms with Crippen molar-refractivity contribution < 1.29 is 12.4 Å². The van der Waals surface area contributed by atoms with Crippen molar-refractivity contribution in [1.29, 1.82) is 5.41 Å². The van der Waals surface area contributed by atoms with E-state index >= 15 is 0 Å². The summed E-state index contributed by atoms with van der Waals surface area (Å²) in [5.41, 5.74) is 4.39. The third-order valence-corrected chi connectivity index (χ3v) is 0. The number of rotatable bonds is 0. The Morgan fingerprint density at radius 2 is 1.75 bits per heavy atom. The molecule has 0 spiro atoms. The van der Waals surface area contributed by atoms with Crippen LogP contribution >= 0.6 is 0 Å². The van der Waals surface area contributed by atoms with Gasteiger partial charge in [0, 0.05) is 0 Å². The summed E-state index contributed by atoms with van der Waals surface area (Å²) in [6, 6.07) is 0. The van der Waals surface area contributed by atoms with Gasteiger partial charge < -0.3 is 18.1 Å². The van der Waals surface area contributed by atoms with Crippen molar-refractivity contribution in [1.82, 2.24) is 0 Å². The van der Waals surface area contributed by atoms with Crippen LogP contribution in [-0.2, 0) is 0 Å². The second-order valence-corrected chi connectivity index (χ2v) is 0.167. The summed E-state index contributed by atoms with van der Waals surface area (Å²) in [4.78, 5) is 0. The van der Waals surface area contributed by atoms with Crippen LogP contribution in [0.4, 0.5) is 0 Å².